The molecule has 0 aromatic heterocycles. The van der Waals surface area contributed by atoms with Gasteiger partial charge in [-0.2, -0.15) is 0 Å². The Labute approximate surface area is 86.6 Å². The molecule has 0 aromatic carbocycles. The zero-order valence-corrected chi connectivity index (χ0v) is 9.10. The molecule has 0 heterocycles. The van der Waals surface area contributed by atoms with E-state index in [0.29, 0.717) is 19.1 Å². The van der Waals surface area contributed by atoms with Crippen LogP contribution in [0.3, 0.4) is 0 Å². The van der Waals surface area contributed by atoms with Crippen LogP contribution in [0, 0.1) is 12.3 Å². The summed E-state index contributed by atoms with van der Waals surface area (Å²) in [6, 6.07) is 0.306. The Kier molecular flexibility index (Phi) is 7.96. The summed E-state index contributed by atoms with van der Waals surface area (Å²) in [6.45, 7) is 4.95. The molecule has 2 N–H and O–H groups in total. The lowest BCUT2D eigenvalue weighted by molar-refractivity contribution is -0.120. The summed E-state index contributed by atoms with van der Waals surface area (Å²) in [5, 5.41) is 5.81. The predicted molar refractivity (Wildman–Crippen MR) is 58.8 cm³/mol. The van der Waals surface area contributed by atoms with Crippen LogP contribution < -0.4 is 10.6 Å². The Bertz CT molecular complexity index is 196. The predicted octanol–water partition coefficient (Wildman–Crippen LogP) is 0.904. The zero-order chi connectivity index (χ0) is 10.8. The second-order valence-electron chi connectivity index (χ2n) is 3.27. The van der Waals surface area contributed by atoms with Crippen molar-refractivity contribution in [1.29, 1.82) is 0 Å². The maximum atomic E-state index is 11.3. The summed E-state index contributed by atoms with van der Waals surface area (Å²) in [4.78, 5) is 11.3. The summed E-state index contributed by atoms with van der Waals surface area (Å²) < 4.78 is 0. The van der Waals surface area contributed by atoms with Crippen LogP contribution >= 0.6 is 0 Å². The van der Waals surface area contributed by atoms with Gasteiger partial charge in [0.2, 0.25) is 5.91 Å². The molecule has 0 spiro atoms. The molecule has 0 aliphatic carbocycles. The molecule has 3 nitrogen and oxygen atoms in total. The van der Waals surface area contributed by atoms with E-state index in [4.69, 9.17) is 6.42 Å². The van der Waals surface area contributed by atoms with Gasteiger partial charge in [0.15, 0.2) is 0 Å². The molecule has 0 rings (SSSR count). The van der Waals surface area contributed by atoms with E-state index in [1.165, 1.54) is 0 Å². The minimum Gasteiger partial charge on any atom is -0.352 e. The van der Waals surface area contributed by atoms with Crippen molar-refractivity contribution in [2.24, 2.45) is 0 Å². The van der Waals surface area contributed by atoms with Crippen molar-refractivity contribution in [3.05, 3.63) is 0 Å². The summed E-state index contributed by atoms with van der Waals surface area (Å²) in [7, 11) is 0. The average Bonchev–Trinajstić information content (AvgIpc) is 2.17. The smallest absolute Gasteiger partial charge is 0.234 e. The third-order valence-electron chi connectivity index (χ3n) is 2.01. The molecule has 0 aliphatic rings. The summed E-state index contributed by atoms with van der Waals surface area (Å²) in [5.74, 6) is 2.45. The highest BCUT2D eigenvalue weighted by Gasteiger charge is 2.07. The first-order valence-electron chi connectivity index (χ1n) is 5.18. The zero-order valence-electron chi connectivity index (χ0n) is 9.10. The van der Waals surface area contributed by atoms with Gasteiger partial charge in [-0.25, -0.2) is 0 Å². The number of carbonyl (C=O) groups is 1. The Morgan fingerprint density at radius 2 is 2.21 bits per heavy atom. The number of rotatable bonds is 7. The van der Waals surface area contributed by atoms with Crippen LogP contribution in [-0.2, 0) is 4.79 Å². The van der Waals surface area contributed by atoms with Crippen molar-refractivity contribution in [2.75, 3.05) is 13.1 Å². The standard InChI is InChI=1S/C11H20N2O/c1-4-7-10(6-3)13-11(14)9-12-8-5-2/h2,10,12H,4,6-9H2,1,3H3,(H,13,14). The normalized spacial score (nSPS) is 11.8. The van der Waals surface area contributed by atoms with Crippen LogP contribution in [0.2, 0.25) is 0 Å². The molecule has 1 unspecified atom stereocenters. The van der Waals surface area contributed by atoms with E-state index in [1.807, 2.05) is 0 Å². The lowest BCUT2D eigenvalue weighted by atomic mass is 10.1. The number of hydrogen-bond donors (Lipinski definition) is 2. The Morgan fingerprint density at radius 1 is 1.50 bits per heavy atom. The van der Waals surface area contributed by atoms with Gasteiger partial charge in [-0.3, -0.25) is 10.1 Å². The first-order valence-corrected chi connectivity index (χ1v) is 5.18. The van der Waals surface area contributed by atoms with Gasteiger partial charge in [0, 0.05) is 6.04 Å². The van der Waals surface area contributed by atoms with Gasteiger partial charge in [0.25, 0.3) is 0 Å². The lowest BCUT2D eigenvalue weighted by Gasteiger charge is -2.15. The van der Waals surface area contributed by atoms with Gasteiger partial charge in [0.1, 0.15) is 0 Å². The van der Waals surface area contributed by atoms with Gasteiger partial charge >= 0.3 is 0 Å². The van der Waals surface area contributed by atoms with E-state index in [0.717, 1.165) is 19.3 Å². The van der Waals surface area contributed by atoms with Crippen molar-refractivity contribution >= 4 is 5.91 Å². The van der Waals surface area contributed by atoms with Crippen LogP contribution in [0.25, 0.3) is 0 Å². The molecule has 1 atom stereocenters. The van der Waals surface area contributed by atoms with Crippen LogP contribution in [0.15, 0.2) is 0 Å². The van der Waals surface area contributed by atoms with E-state index in [-0.39, 0.29) is 5.91 Å². The third-order valence-corrected chi connectivity index (χ3v) is 2.01. The highest BCUT2D eigenvalue weighted by Crippen LogP contribution is 1.99. The Hall–Kier alpha value is -1.01. The van der Waals surface area contributed by atoms with Crippen molar-refractivity contribution in [3.63, 3.8) is 0 Å². The first-order chi connectivity index (χ1) is 6.74. The topological polar surface area (TPSA) is 41.1 Å². The van der Waals surface area contributed by atoms with Crippen molar-refractivity contribution in [3.8, 4) is 12.3 Å². The highest BCUT2D eigenvalue weighted by molar-refractivity contribution is 5.78. The molecule has 80 valence electrons. The molecule has 1 amide bonds. The maximum Gasteiger partial charge on any atom is 0.234 e. The average molecular weight is 196 g/mol. The second-order valence-corrected chi connectivity index (χ2v) is 3.27. The minimum absolute atomic E-state index is 0.0283. The largest absolute Gasteiger partial charge is 0.352 e. The number of nitrogens with one attached hydrogen (secondary N) is 2. The van der Waals surface area contributed by atoms with Crippen molar-refractivity contribution in [1.82, 2.24) is 10.6 Å². The van der Waals surface area contributed by atoms with Gasteiger partial charge in [-0.05, 0) is 12.8 Å². The second kappa shape index (κ2) is 8.58. The lowest BCUT2D eigenvalue weighted by Crippen LogP contribution is -2.40. The fraction of sp³-hybridized carbons (Fsp3) is 0.727. The molecule has 0 aromatic rings. The van der Waals surface area contributed by atoms with E-state index in [1.54, 1.807) is 0 Å². The van der Waals surface area contributed by atoms with Gasteiger partial charge < -0.3 is 5.32 Å². The fourth-order valence-electron chi connectivity index (χ4n) is 1.25. The van der Waals surface area contributed by atoms with E-state index in [9.17, 15) is 4.79 Å². The SMILES string of the molecule is C#CCNCC(=O)NC(CC)CCC. The molecule has 0 radical (unpaired) electrons. The summed E-state index contributed by atoms with van der Waals surface area (Å²) >= 11 is 0. The summed E-state index contributed by atoms with van der Waals surface area (Å²) in [6.07, 6.45) is 8.16. The molecule has 0 bridgehead atoms. The van der Waals surface area contributed by atoms with E-state index >= 15 is 0 Å². The number of hydrogen-bond acceptors (Lipinski definition) is 2. The molecule has 0 fully saturated rings. The first kappa shape index (κ1) is 13.0. The highest BCUT2D eigenvalue weighted by atomic mass is 16.1. The van der Waals surface area contributed by atoms with Crippen LogP contribution in [0.1, 0.15) is 33.1 Å². The van der Waals surface area contributed by atoms with Crippen molar-refractivity contribution in [2.45, 2.75) is 39.2 Å². The molecular weight excluding hydrogens is 176 g/mol. The quantitative estimate of drug-likeness (QED) is 0.469. The van der Waals surface area contributed by atoms with Gasteiger partial charge in [0.05, 0.1) is 13.1 Å². The molecular formula is C11H20N2O. The minimum atomic E-state index is 0.0283. The molecule has 0 aliphatic heterocycles. The molecule has 14 heavy (non-hydrogen) atoms. The van der Waals surface area contributed by atoms with E-state index < -0.39 is 0 Å². The number of carbonyl (C=O) groups excluding carboxylic acids is 1. The number of amides is 1. The maximum absolute atomic E-state index is 11.3. The molecule has 0 saturated heterocycles. The molecule has 0 saturated carbocycles. The van der Waals surface area contributed by atoms with E-state index in [2.05, 4.69) is 30.4 Å². The van der Waals surface area contributed by atoms with Crippen LogP contribution in [0.4, 0.5) is 0 Å². The van der Waals surface area contributed by atoms with Crippen LogP contribution in [-0.4, -0.2) is 25.0 Å². The summed E-state index contributed by atoms with van der Waals surface area (Å²) in [5.41, 5.74) is 0. The Balaban J connectivity index is 3.63. The number of terminal acetylenes is 1. The van der Waals surface area contributed by atoms with Crippen molar-refractivity contribution < 1.29 is 4.79 Å². The fourth-order valence-corrected chi connectivity index (χ4v) is 1.25. The van der Waals surface area contributed by atoms with Gasteiger partial charge in [-0.15, -0.1) is 6.42 Å². The van der Waals surface area contributed by atoms with Crippen LogP contribution in [0.5, 0.6) is 0 Å². The third kappa shape index (κ3) is 6.50. The monoisotopic (exact) mass is 196 g/mol. The van der Waals surface area contributed by atoms with Gasteiger partial charge in [-0.1, -0.05) is 26.2 Å². The molecule has 3 heteroatoms. The Morgan fingerprint density at radius 3 is 2.71 bits per heavy atom.